The van der Waals surface area contributed by atoms with Crippen molar-refractivity contribution in [1.29, 1.82) is 0 Å². The predicted molar refractivity (Wildman–Crippen MR) is 102 cm³/mol. The summed E-state index contributed by atoms with van der Waals surface area (Å²) in [6, 6.07) is 9.37. The molecule has 0 radical (unpaired) electrons. The average molecular weight is 369 g/mol. The minimum Gasteiger partial charge on any atom is -0.465 e. The first-order valence-corrected chi connectivity index (χ1v) is 8.79. The molecule has 0 bridgehead atoms. The number of hydrogen-bond donors (Lipinski definition) is 2. The highest BCUT2D eigenvalue weighted by molar-refractivity contribution is 6.06. The van der Waals surface area contributed by atoms with Crippen LogP contribution in [-0.4, -0.2) is 36.4 Å². The van der Waals surface area contributed by atoms with Crippen molar-refractivity contribution in [2.75, 3.05) is 19.0 Å². The number of hydrogen-bond acceptors (Lipinski definition) is 5. The van der Waals surface area contributed by atoms with Gasteiger partial charge in [0.2, 0.25) is 0 Å². The molecule has 7 heteroatoms. The van der Waals surface area contributed by atoms with Crippen molar-refractivity contribution in [3.63, 3.8) is 0 Å². The Labute approximate surface area is 158 Å². The third-order valence-electron chi connectivity index (χ3n) is 3.86. The van der Waals surface area contributed by atoms with Gasteiger partial charge in [-0.2, -0.15) is 0 Å². The summed E-state index contributed by atoms with van der Waals surface area (Å²) in [4.78, 5) is 40.2. The number of aromatic nitrogens is 1. The molecule has 0 aliphatic carbocycles. The zero-order valence-corrected chi connectivity index (χ0v) is 15.5. The second-order valence-corrected chi connectivity index (χ2v) is 5.92. The van der Waals surface area contributed by atoms with Gasteiger partial charge in [-0.25, -0.2) is 4.79 Å². The molecular weight excluding hydrogens is 346 g/mol. The Morgan fingerprint density at radius 2 is 1.85 bits per heavy atom. The van der Waals surface area contributed by atoms with Crippen LogP contribution in [0.15, 0.2) is 42.6 Å². The largest absolute Gasteiger partial charge is 0.465 e. The van der Waals surface area contributed by atoms with Gasteiger partial charge in [0.05, 0.1) is 12.7 Å². The molecule has 0 fully saturated rings. The van der Waals surface area contributed by atoms with Crippen molar-refractivity contribution in [2.24, 2.45) is 0 Å². The molecule has 0 aliphatic heterocycles. The fourth-order valence-electron chi connectivity index (χ4n) is 2.41. The highest BCUT2D eigenvalue weighted by atomic mass is 16.5. The molecule has 0 spiro atoms. The first-order valence-electron chi connectivity index (χ1n) is 8.79. The Bertz CT molecular complexity index is 820. The number of benzene rings is 1. The number of esters is 1. The number of rotatable bonds is 8. The second-order valence-electron chi connectivity index (χ2n) is 5.92. The number of unbranched alkanes of at least 4 members (excludes halogenated alkanes) is 2. The Hall–Kier alpha value is -3.22. The van der Waals surface area contributed by atoms with E-state index in [0.29, 0.717) is 23.4 Å². The third-order valence-corrected chi connectivity index (χ3v) is 3.86. The van der Waals surface area contributed by atoms with E-state index in [2.05, 4.69) is 27.3 Å². The first kappa shape index (κ1) is 20.1. The molecule has 0 atom stereocenters. The van der Waals surface area contributed by atoms with Crippen LogP contribution >= 0.6 is 0 Å². The normalized spacial score (nSPS) is 10.1. The van der Waals surface area contributed by atoms with Crippen molar-refractivity contribution in [3.8, 4) is 0 Å². The zero-order valence-electron chi connectivity index (χ0n) is 15.5. The summed E-state index contributed by atoms with van der Waals surface area (Å²) >= 11 is 0. The highest BCUT2D eigenvalue weighted by Crippen LogP contribution is 2.13. The van der Waals surface area contributed by atoms with Gasteiger partial charge in [-0.3, -0.25) is 14.6 Å². The first-order chi connectivity index (χ1) is 13.0. The van der Waals surface area contributed by atoms with Gasteiger partial charge in [0.25, 0.3) is 11.8 Å². The third kappa shape index (κ3) is 5.91. The van der Waals surface area contributed by atoms with Crippen LogP contribution in [0.3, 0.4) is 0 Å². The lowest BCUT2D eigenvalue weighted by atomic mass is 10.1. The summed E-state index contributed by atoms with van der Waals surface area (Å²) in [6.07, 6.45) is 4.43. The minimum atomic E-state index is -0.489. The maximum Gasteiger partial charge on any atom is 0.337 e. The number of nitrogens with one attached hydrogen (secondary N) is 2. The van der Waals surface area contributed by atoms with E-state index in [1.165, 1.54) is 31.5 Å². The van der Waals surface area contributed by atoms with Crippen molar-refractivity contribution < 1.29 is 19.1 Å². The van der Waals surface area contributed by atoms with E-state index in [1.807, 2.05) is 0 Å². The van der Waals surface area contributed by atoms with Crippen molar-refractivity contribution in [3.05, 3.63) is 59.4 Å². The number of nitrogens with zero attached hydrogens (tertiary/aromatic N) is 1. The molecule has 1 aromatic carbocycles. The molecule has 0 unspecified atom stereocenters. The fourth-order valence-corrected chi connectivity index (χ4v) is 2.41. The lowest BCUT2D eigenvalue weighted by Gasteiger charge is -2.08. The molecule has 7 nitrogen and oxygen atoms in total. The zero-order chi connectivity index (χ0) is 19.6. The summed E-state index contributed by atoms with van der Waals surface area (Å²) in [5.41, 5.74) is 1.26. The molecule has 2 aromatic rings. The maximum absolute atomic E-state index is 12.5. The van der Waals surface area contributed by atoms with Gasteiger partial charge >= 0.3 is 5.97 Å². The number of carbonyl (C=O) groups excluding carboxylic acids is 3. The molecule has 1 heterocycles. The molecule has 0 saturated heterocycles. The summed E-state index contributed by atoms with van der Waals surface area (Å²) < 4.78 is 4.67. The number of methoxy groups -OCH3 is 1. The monoisotopic (exact) mass is 369 g/mol. The van der Waals surface area contributed by atoms with Gasteiger partial charge in [-0.05, 0) is 36.8 Å². The molecule has 0 aliphatic rings. The fraction of sp³-hybridized carbons (Fsp3) is 0.300. The molecule has 142 valence electrons. The standard InChI is InChI=1S/C20H23N3O4/c1-3-4-5-10-22-19(25)17-13-14(9-11-21-17)18(24)23-16-8-6-7-15(12-16)20(26)27-2/h6-9,11-13H,3-5,10H2,1-2H3,(H,22,25)(H,23,24). The van der Waals surface area contributed by atoms with E-state index in [9.17, 15) is 14.4 Å². The second kappa shape index (κ2) is 10.1. The summed E-state index contributed by atoms with van der Waals surface area (Å²) in [6.45, 7) is 2.66. The van der Waals surface area contributed by atoms with Crippen LogP contribution in [0, 0.1) is 0 Å². The van der Waals surface area contributed by atoms with E-state index in [0.717, 1.165) is 19.3 Å². The Kier molecular flexibility index (Phi) is 7.49. The summed E-state index contributed by atoms with van der Waals surface area (Å²) in [5.74, 6) is -1.20. The SMILES string of the molecule is CCCCCNC(=O)c1cc(C(=O)Nc2cccc(C(=O)OC)c2)ccn1. The number of amides is 2. The summed E-state index contributed by atoms with van der Waals surface area (Å²) in [7, 11) is 1.29. The smallest absolute Gasteiger partial charge is 0.337 e. The average Bonchev–Trinajstić information content (AvgIpc) is 2.70. The Morgan fingerprint density at radius 1 is 1.04 bits per heavy atom. The number of pyridine rings is 1. The lowest BCUT2D eigenvalue weighted by molar-refractivity contribution is 0.0600. The van der Waals surface area contributed by atoms with Gasteiger partial charge in [-0.1, -0.05) is 25.8 Å². The molecule has 2 N–H and O–H groups in total. The van der Waals surface area contributed by atoms with Gasteiger partial charge in [0.1, 0.15) is 5.69 Å². The lowest BCUT2D eigenvalue weighted by Crippen LogP contribution is -2.25. The van der Waals surface area contributed by atoms with Crippen LogP contribution in [-0.2, 0) is 4.74 Å². The molecule has 2 amide bonds. The highest BCUT2D eigenvalue weighted by Gasteiger charge is 2.13. The molecule has 27 heavy (non-hydrogen) atoms. The van der Waals surface area contributed by atoms with Crippen LogP contribution in [0.1, 0.15) is 57.4 Å². The van der Waals surface area contributed by atoms with Crippen LogP contribution < -0.4 is 10.6 Å². The Balaban J connectivity index is 2.05. The number of ether oxygens (including phenoxy) is 1. The van der Waals surface area contributed by atoms with E-state index in [4.69, 9.17) is 0 Å². The number of anilines is 1. The van der Waals surface area contributed by atoms with Gasteiger partial charge < -0.3 is 15.4 Å². The van der Waals surface area contributed by atoms with E-state index in [-0.39, 0.29) is 11.6 Å². The molecule has 0 saturated carbocycles. The van der Waals surface area contributed by atoms with E-state index < -0.39 is 11.9 Å². The molecular formula is C20H23N3O4. The van der Waals surface area contributed by atoms with Crippen molar-refractivity contribution in [1.82, 2.24) is 10.3 Å². The maximum atomic E-state index is 12.5. The Morgan fingerprint density at radius 3 is 2.59 bits per heavy atom. The van der Waals surface area contributed by atoms with Gasteiger partial charge in [-0.15, -0.1) is 0 Å². The van der Waals surface area contributed by atoms with Crippen LogP contribution in [0.25, 0.3) is 0 Å². The van der Waals surface area contributed by atoms with Crippen LogP contribution in [0.5, 0.6) is 0 Å². The molecule has 1 aromatic heterocycles. The van der Waals surface area contributed by atoms with Crippen molar-refractivity contribution >= 4 is 23.5 Å². The molecule has 2 rings (SSSR count). The van der Waals surface area contributed by atoms with E-state index >= 15 is 0 Å². The van der Waals surface area contributed by atoms with Gasteiger partial charge in [0.15, 0.2) is 0 Å². The number of carbonyl (C=O) groups is 3. The van der Waals surface area contributed by atoms with Crippen LogP contribution in [0.2, 0.25) is 0 Å². The predicted octanol–water partition coefficient (Wildman–Crippen LogP) is 3.04. The minimum absolute atomic E-state index is 0.183. The topological polar surface area (TPSA) is 97.4 Å². The quantitative estimate of drug-likeness (QED) is 0.551. The summed E-state index contributed by atoms with van der Waals surface area (Å²) in [5, 5.41) is 5.49. The van der Waals surface area contributed by atoms with E-state index in [1.54, 1.807) is 18.2 Å². The van der Waals surface area contributed by atoms with Crippen LogP contribution in [0.4, 0.5) is 5.69 Å². The van der Waals surface area contributed by atoms with Crippen molar-refractivity contribution in [2.45, 2.75) is 26.2 Å². The van der Waals surface area contributed by atoms with Gasteiger partial charge in [0, 0.05) is 24.0 Å².